The molecule has 0 bridgehead atoms. The summed E-state index contributed by atoms with van der Waals surface area (Å²) < 4.78 is 16.5. The second-order valence-corrected chi connectivity index (χ2v) is 6.45. The highest BCUT2D eigenvalue weighted by atomic mass is 16.5. The lowest BCUT2D eigenvalue weighted by molar-refractivity contribution is 0.324. The van der Waals surface area contributed by atoms with Gasteiger partial charge in [0.05, 0.1) is 43.8 Å². The van der Waals surface area contributed by atoms with Gasteiger partial charge in [-0.05, 0) is 36.4 Å². The third-order valence-electron chi connectivity index (χ3n) is 4.67. The van der Waals surface area contributed by atoms with E-state index in [1.165, 1.54) is 0 Å². The molecular formula is C23H21N3O3. The Hall–Kier alpha value is -3.80. The summed E-state index contributed by atoms with van der Waals surface area (Å²) >= 11 is 0. The molecule has 146 valence electrons. The summed E-state index contributed by atoms with van der Waals surface area (Å²) in [5.41, 5.74) is 11.4. The normalized spacial score (nSPS) is 10.7. The number of rotatable bonds is 5. The van der Waals surface area contributed by atoms with Gasteiger partial charge in [-0.25, -0.2) is 9.97 Å². The number of hydrogen-bond donors (Lipinski definition) is 1. The van der Waals surface area contributed by atoms with E-state index in [4.69, 9.17) is 29.9 Å². The van der Waals surface area contributed by atoms with Crippen LogP contribution in [0, 0.1) is 0 Å². The average molecular weight is 387 g/mol. The van der Waals surface area contributed by atoms with Gasteiger partial charge in [0.15, 0.2) is 11.5 Å². The molecule has 4 aromatic rings. The van der Waals surface area contributed by atoms with Crippen LogP contribution in [0.25, 0.3) is 33.5 Å². The van der Waals surface area contributed by atoms with Crippen LogP contribution in [0.3, 0.4) is 0 Å². The molecule has 0 radical (unpaired) electrons. The minimum Gasteiger partial charge on any atom is -0.493 e. The van der Waals surface area contributed by atoms with Crippen molar-refractivity contribution in [1.82, 2.24) is 9.97 Å². The number of nitrogen functional groups attached to an aromatic ring is 1. The maximum atomic E-state index is 6.02. The van der Waals surface area contributed by atoms with Crippen molar-refractivity contribution in [2.24, 2.45) is 0 Å². The van der Waals surface area contributed by atoms with Gasteiger partial charge in [-0.15, -0.1) is 0 Å². The fourth-order valence-electron chi connectivity index (χ4n) is 3.31. The molecule has 0 atom stereocenters. The number of para-hydroxylation sites is 2. The molecule has 0 aliphatic heterocycles. The molecule has 0 aliphatic rings. The number of aromatic nitrogens is 2. The van der Waals surface area contributed by atoms with Gasteiger partial charge < -0.3 is 19.9 Å². The third kappa shape index (κ3) is 3.40. The average Bonchev–Trinajstić information content (AvgIpc) is 2.77. The molecule has 2 N–H and O–H groups in total. The van der Waals surface area contributed by atoms with Crippen molar-refractivity contribution in [3.8, 4) is 39.8 Å². The Morgan fingerprint density at radius 1 is 0.655 bits per heavy atom. The summed E-state index contributed by atoms with van der Waals surface area (Å²) in [5.74, 6) is 1.63. The zero-order chi connectivity index (χ0) is 20.4. The lowest BCUT2D eigenvalue weighted by Gasteiger charge is -2.16. The number of nitrogens with two attached hydrogens (primary N) is 1. The van der Waals surface area contributed by atoms with Crippen molar-refractivity contribution in [1.29, 1.82) is 0 Å². The summed E-state index contributed by atoms with van der Waals surface area (Å²) in [6, 6.07) is 19.1. The first-order valence-corrected chi connectivity index (χ1v) is 9.07. The standard InChI is InChI=1S/C23H21N3O3/c1-27-19-12-15(13-20(28-2)23(19)29-3)22-21(14-7-6-8-16(24)11-14)25-17-9-4-5-10-18(17)26-22/h4-13H,24H2,1-3H3. The Balaban J connectivity index is 2.03. The van der Waals surface area contributed by atoms with Crippen molar-refractivity contribution < 1.29 is 14.2 Å². The summed E-state index contributed by atoms with van der Waals surface area (Å²) in [5, 5.41) is 0. The number of fused-ring (bicyclic) bond motifs is 1. The van der Waals surface area contributed by atoms with Gasteiger partial charge in [-0.3, -0.25) is 0 Å². The van der Waals surface area contributed by atoms with E-state index < -0.39 is 0 Å². The summed E-state index contributed by atoms with van der Waals surface area (Å²) in [6.07, 6.45) is 0. The Kier molecular flexibility index (Phi) is 4.91. The second-order valence-electron chi connectivity index (χ2n) is 6.45. The lowest BCUT2D eigenvalue weighted by Crippen LogP contribution is -1.99. The van der Waals surface area contributed by atoms with Crippen molar-refractivity contribution in [2.45, 2.75) is 0 Å². The van der Waals surface area contributed by atoms with Crippen LogP contribution in [0.15, 0.2) is 60.7 Å². The van der Waals surface area contributed by atoms with Crippen molar-refractivity contribution in [3.05, 3.63) is 60.7 Å². The van der Waals surface area contributed by atoms with E-state index in [9.17, 15) is 0 Å². The largest absolute Gasteiger partial charge is 0.493 e. The Bertz CT molecular complexity index is 1170. The Morgan fingerprint density at radius 2 is 1.24 bits per heavy atom. The van der Waals surface area contributed by atoms with E-state index in [0.29, 0.717) is 28.6 Å². The predicted molar refractivity (Wildman–Crippen MR) is 114 cm³/mol. The number of anilines is 1. The van der Waals surface area contributed by atoms with Gasteiger partial charge in [0.1, 0.15) is 0 Å². The van der Waals surface area contributed by atoms with Gasteiger partial charge in [0.25, 0.3) is 0 Å². The molecular weight excluding hydrogens is 366 g/mol. The topological polar surface area (TPSA) is 79.5 Å². The van der Waals surface area contributed by atoms with Crippen LogP contribution in [-0.2, 0) is 0 Å². The smallest absolute Gasteiger partial charge is 0.203 e. The third-order valence-corrected chi connectivity index (χ3v) is 4.67. The van der Waals surface area contributed by atoms with Gasteiger partial charge in [-0.1, -0.05) is 24.3 Å². The summed E-state index contributed by atoms with van der Waals surface area (Å²) in [6.45, 7) is 0. The van der Waals surface area contributed by atoms with Gasteiger partial charge in [0.2, 0.25) is 5.75 Å². The lowest BCUT2D eigenvalue weighted by atomic mass is 10.0. The maximum Gasteiger partial charge on any atom is 0.203 e. The molecule has 4 rings (SSSR count). The first-order valence-electron chi connectivity index (χ1n) is 9.07. The highest BCUT2D eigenvalue weighted by Gasteiger charge is 2.19. The zero-order valence-corrected chi connectivity index (χ0v) is 16.5. The van der Waals surface area contributed by atoms with E-state index in [1.54, 1.807) is 21.3 Å². The molecule has 0 unspecified atom stereocenters. The fourth-order valence-corrected chi connectivity index (χ4v) is 3.31. The minimum absolute atomic E-state index is 0.526. The van der Waals surface area contributed by atoms with Crippen LogP contribution in [0.4, 0.5) is 5.69 Å². The quantitative estimate of drug-likeness (QED) is 0.505. The molecule has 0 saturated carbocycles. The van der Waals surface area contributed by atoms with Crippen LogP contribution in [0.1, 0.15) is 0 Å². The first kappa shape index (κ1) is 18.6. The molecule has 0 aliphatic carbocycles. The van der Waals surface area contributed by atoms with Crippen molar-refractivity contribution >= 4 is 16.7 Å². The summed E-state index contributed by atoms with van der Waals surface area (Å²) in [4.78, 5) is 9.79. The monoisotopic (exact) mass is 387 g/mol. The van der Waals surface area contributed by atoms with Crippen molar-refractivity contribution in [3.63, 3.8) is 0 Å². The molecule has 0 fully saturated rings. The van der Waals surface area contributed by atoms with Gasteiger partial charge >= 0.3 is 0 Å². The molecule has 29 heavy (non-hydrogen) atoms. The molecule has 3 aromatic carbocycles. The van der Waals surface area contributed by atoms with E-state index in [2.05, 4.69) is 0 Å². The first-order chi connectivity index (χ1) is 14.1. The number of hydrogen-bond acceptors (Lipinski definition) is 6. The minimum atomic E-state index is 0.526. The maximum absolute atomic E-state index is 6.02. The number of ether oxygens (including phenoxy) is 3. The zero-order valence-electron chi connectivity index (χ0n) is 16.5. The van der Waals surface area contributed by atoms with E-state index >= 15 is 0 Å². The molecule has 0 amide bonds. The second kappa shape index (κ2) is 7.67. The number of methoxy groups -OCH3 is 3. The van der Waals surface area contributed by atoms with Gasteiger partial charge in [-0.2, -0.15) is 0 Å². The fraction of sp³-hybridized carbons (Fsp3) is 0.130. The number of benzene rings is 3. The molecule has 0 saturated heterocycles. The van der Waals surface area contributed by atoms with Gasteiger partial charge in [0, 0.05) is 16.8 Å². The van der Waals surface area contributed by atoms with E-state index in [-0.39, 0.29) is 0 Å². The highest BCUT2D eigenvalue weighted by Crippen LogP contribution is 2.42. The predicted octanol–water partition coefficient (Wildman–Crippen LogP) is 4.57. The Morgan fingerprint density at radius 3 is 1.76 bits per heavy atom. The Labute approximate surface area is 168 Å². The summed E-state index contributed by atoms with van der Waals surface area (Å²) in [7, 11) is 4.76. The van der Waals surface area contributed by atoms with Crippen molar-refractivity contribution in [2.75, 3.05) is 27.1 Å². The van der Waals surface area contributed by atoms with Crippen LogP contribution in [0.5, 0.6) is 17.2 Å². The highest BCUT2D eigenvalue weighted by molar-refractivity contribution is 5.87. The molecule has 6 heteroatoms. The van der Waals surface area contributed by atoms with Crippen LogP contribution in [0.2, 0.25) is 0 Å². The van der Waals surface area contributed by atoms with E-state index in [0.717, 1.165) is 27.9 Å². The molecule has 0 spiro atoms. The molecule has 1 heterocycles. The van der Waals surface area contributed by atoms with Crippen LogP contribution >= 0.6 is 0 Å². The molecule has 1 aromatic heterocycles. The van der Waals surface area contributed by atoms with E-state index in [1.807, 2.05) is 60.7 Å². The number of nitrogens with zero attached hydrogens (tertiary/aromatic N) is 2. The van der Waals surface area contributed by atoms with Crippen LogP contribution < -0.4 is 19.9 Å². The molecule has 6 nitrogen and oxygen atoms in total. The van der Waals surface area contributed by atoms with Crippen LogP contribution in [-0.4, -0.2) is 31.3 Å². The SMILES string of the molecule is COc1cc(-c2nc3ccccc3nc2-c2cccc(N)c2)cc(OC)c1OC.